The summed E-state index contributed by atoms with van der Waals surface area (Å²) in [5, 5.41) is 0. The lowest BCUT2D eigenvalue weighted by molar-refractivity contribution is -0.138. The molecule has 1 unspecified atom stereocenters. The van der Waals surface area contributed by atoms with E-state index in [-0.39, 0.29) is 12.0 Å². The molecule has 1 aliphatic rings. The van der Waals surface area contributed by atoms with Crippen molar-refractivity contribution in [2.24, 2.45) is 0 Å². The largest absolute Gasteiger partial charge is 0.469 e. The Bertz CT molecular complexity index is 353. The van der Waals surface area contributed by atoms with Gasteiger partial charge in [-0.25, -0.2) is 0 Å². The van der Waals surface area contributed by atoms with Crippen molar-refractivity contribution in [3.8, 4) is 0 Å². The van der Waals surface area contributed by atoms with Gasteiger partial charge in [0.05, 0.1) is 24.9 Å². The Balaban J connectivity index is 1.79. The smallest absolute Gasteiger partial charge is 0.223 e. The molecule has 2 heterocycles. The van der Waals surface area contributed by atoms with Gasteiger partial charge in [-0.05, 0) is 12.1 Å². The number of alkyl halides is 1. The summed E-state index contributed by atoms with van der Waals surface area (Å²) in [6.07, 6.45) is 2.72. The van der Waals surface area contributed by atoms with E-state index in [9.17, 15) is 4.79 Å². The maximum atomic E-state index is 11.9. The normalized spacial score (nSPS) is 20.5. The summed E-state index contributed by atoms with van der Waals surface area (Å²) in [7, 11) is 0. The molecule has 0 radical (unpaired) electrons. The number of carbonyl (C=O) groups is 1. The average Bonchev–Trinajstić information content (AvgIpc) is 2.89. The standard InChI is InChI=1S/C12H16ClNO3/c13-8-11-9-14(5-7-17-11)12(15)4-3-10-2-1-6-16-10/h1-2,6,11H,3-5,7-9H2. The topological polar surface area (TPSA) is 42.7 Å². The molecular weight excluding hydrogens is 242 g/mol. The van der Waals surface area contributed by atoms with E-state index >= 15 is 0 Å². The summed E-state index contributed by atoms with van der Waals surface area (Å²) >= 11 is 5.73. The van der Waals surface area contributed by atoms with E-state index in [1.165, 1.54) is 0 Å². The van der Waals surface area contributed by atoms with Crippen LogP contribution in [0.2, 0.25) is 0 Å². The lowest BCUT2D eigenvalue weighted by Crippen LogP contribution is -2.46. The number of halogens is 1. The molecule has 1 aromatic rings. The summed E-state index contributed by atoms with van der Waals surface area (Å²) in [4.78, 5) is 13.8. The maximum Gasteiger partial charge on any atom is 0.223 e. The summed E-state index contributed by atoms with van der Waals surface area (Å²) in [6.45, 7) is 1.83. The minimum absolute atomic E-state index is 0.0296. The number of amides is 1. The monoisotopic (exact) mass is 257 g/mol. The molecule has 1 aliphatic heterocycles. The molecule has 0 saturated carbocycles. The van der Waals surface area contributed by atoms with Gasteiger partial charge in [0, 0.05) is 25.9 Å². The quantitative estimate of drug-likeness (QED) is 0.771. The molecule has 4 nitrogen and oxygen atoms in total. The van der Waals surface area contributed by atoms with Crippen molar-refractivity contribution in [3.05, 3.63) is 24.2 Å². The van der Waals surface area contributed by atoms with Crippen LogP contribution < -0.4 is 0 Å². The molecule has 0 spiro atoms. The van der Waals surface area contributed by atoms with Crippen LogP contribution in [-0.2, 0) is 16.0 Å². The van der Waals surface area contributed by atoms with Gasteiger partial charge in [-0.1, -0.05) is 0 Å². The number of nitrogens with zero attached hydrogens (tertiary/aromatic N) is 1. The fourth-order valence-corrected chi connectivity index (χ4v) is 2.07. The molecular formula is C12H16ClNO3. The first-order chi connectivity index (χ1) is 8.29. The first kappa shape index (κ1) is 12.5. The Morgan fingerprint density at radius 2 is 2.47 bits per heavy atom. The zero-order chi connectivity index (χ0) is 12.1. The van der Waals surface area contributed by atoms with E-state index in [0.29, 0.717) is 38.4 Å². The van der Waals surface area contributed by atoms with Crippen LogP contribution >= 0.6 is 11.6 Å². The van der Waals surface area contributed by atoms with Gasteiger partial charge in [0.25, 0.3) is 0 Å². The molecule has 5 heteroatoms. The highest BCUT2D eigenvalue weighted by Gasteiger charge is 2.23. The van der Waals surface area contributed by atoms with Crippen molar-refractivity contribution in [1.82, 2.24) is 4.90 Å². The number of morpholine rings is 1. The van der Waals surface area contributed by atoms with Gasteiger partial charge >= 0.3 is 0 Å². The van der Waals surface area contributed by atoms with Crippen LogP contribution in [0.25, 0.3) is 0 Å². The van der Waals surface area contributed by atoms with E-state index in [1.807, 2.05) is 17.0 Å². The van der Waals surface area contributed by atoms with Gasteiger partial charge in [-0.3, -0.25) is 4.79 Å². The third kappa shape index (κ3) is 3.48. The number of rotatable bonds is 4. The number of hydrogen-bond donors (Lipinski definition) is 0. The van der Waals surface area contributed by atoms with E-state index in [4.69, 9.17) is 20.8 Å². The van der Waals surface area contributed by atoms with Crippen molar-refractivity contribution in [2.45, 2.75) is 18.9 Å². The SMILES string of the molecule is O=C(CCc1ccco1)N1CCOC(CCl)C1. The highest BCUT2D eigenvalue weighted by atomic mass is 35.5. The third-order valence-corrected chi connectivity index (χ3v) is 3.17. The number of carbonyl (C=O) groups excluding carboxylic acids is 1. The first-order valence-electron chi connectivity index (χ1n) is 5.77. The van der Waals surface area contributed by atoms with Crippen LogP contribution in [0, 0.1) is 0 Å². The minimum Gasteiger partial charge on any atom is -0.469 e. The van der Waals surface area contributed by atoms with Gasteiger partial charge in [-0.15, -0.1) is 11.6 Å². The molecule has 0 aromatic carbocycles. The summed E-state index contributed by atoms with van der Waals surface area (Å²) in [6, 6.07) is 3.71. The maximum absolute atomic E-state index is 11.9. The van der Waals surface area contributed by atoms with Crippen molar-refractivity contribution in [2.75, 3.05) is 25.6 Å². The van der Waals surface area contributed by atoms with Crippen LogP contribution in [0.5, 0.6) is 0 Å². The summed E-state index contributed by atoms with van der Waals surface area (Å²) < 4.78 is 10.6. The van der Waals surface area contributed by atoms with Crippen LogP contribution in [0.4, 0.5) is 0 Å². The number of furan rings is 1. The van der Waals surface area contributed by atoms with E-state index in [0.717, 1.165) is 5.76 Å². The molecule has 0 N–H and O–H groups in total. The van der Waals surface area contributed by atoms with E-state index in [1.54, 1.807) is 6.26 Å². The molecule has 0 aliphatic carbocycles. The fraction of sp³-hybridized carbons (Fsp3) is 0.583. The predicted octanol–water partition coefficient (Wildman–Crippen LogP) is 1.68. The van der Waals surface area contributed by atoms with Gasteiger partial charge in [0.15, 0.2) is 0 Å². The molecule has 1 amide bonds. The lowest BCUT2D eigenvalue weighted by atomic mass is 10.2. The molecule has 1 atom stereocenters. The predicted molar refractivity (Wildman–Crippen MR) is 64.1 cm³/mol. The fourth-order valence-electron chi connectivity index (χ4n) is 1.88. The van der Waals surface area contributed by atoms with Gasteiger partial charge in [0.1, 0.15) is 5.76 Å². The van der Waals surface area contributed by atoms with Crippen LogP contribution in [0.3, 0.4) is 0 Å². The highest BCUT2D eigenvalue weighted by molar-refractivity contribution is 6.18. The molecule has 17 heavy (non-hydrogen) atoms. The Labute approximate surface area is 105 Å². The zero-order valence-corrected chi connectivity index (χ0v) is 10.4. The van der Waals surface area contributed by atoms with E-state index in [2.05, 4.69) is 0 Å². The minimum atomic E-state index is -0.0296. The molecule has 1 saturated heterocycles. The molecule has 1 fully saturated rings. The zero-order valence-electron chi connectivity index (χ0n) is 9.60. The van der Waals surface area contributed by atoms with Gasteiger partial charge < -0.3 is 14.1 Å². The van der Waals surface area contributed by atoms with Crippen molar-refractivity contribution in [1.29, 1.82) is 0 Å². The van der Waals surface area contributed by atoms with Crippen molar-refractivity contribution >= 4 is 17.5 Å². The van der Waals surface area contributed by atoms with E-state index < -0.39 is 0 Å². The second-order valence-electron chi connectivity index (χ2n) is 4.07. The van der Waals surface area contributed by atoms with Crippen molar-refractivity contribution < 1.29 is 13.9 Å². The third-order valence-electron chi connectivity index (χ3n) is 2.83. The van der Waals surface area contributed by atoms with Crippen LogP contribution in [0.15, 0.2) is 22.8 Å². The Morgan fingerprint density at radius 1 is 1.59 bits per heavy atom. The molecule has 94 valence electrons. The molecule has 2 rings (SSSR count). The highest BCUT2D eigenvalue weighted by Crippen LogP contribution is 2.10. The lowest BCUT2D eigenvalue weighted by Gasteiger charge is -2.32. The Hall–Kier alpha value is -1.00. The van der Waals surface area contributed by atoms with Crippen molar-refractivity contribution in [3.63, 3.8) is 0 Å². The number of ether oxygens (including phenoxy) is 1. The summed E-state index contributed by atoms with van der Waals surface area (Å²) in [5.41, 5.74) is 0. The van der Waals surface area contributed by atoms with Crippen LogP contribution in [0.1, 0.15) is 12.2 Å². The second-order valence-corrected chi connectivity index (χ2v) is 4.37. The summed E-state index contributed by atoms with van der Waals surface area (Å²) in [5.74, 6) is 1.42. The van der Waals surface area contributed by atoms with Gasteiger partial charge in [-0.2, -0.15) is 0 Å². The number of aryl methyl sites for hydroxylation is 1. The molecule has 1 aromatic heterocycles. The number of hydrogen-bond acceptors (Lipinski definition) is 3. The first-order valence-corrected chi connectivity index (χ1v) is 6.31. The Morgan fingerprint density at radius 3 is 3.18 bits per heavy atom. The molecule has 0 bridgehead atoms. The van der Waals surface area contributed by atoms with Gasteiger partial charge in [0.2, 0.25) is 5.91 Å². The average molecular weight is 258 g/mol. The Kier molecular flexibility index (Phi) is 4.45. The second kappa shape index (κ2) is 6.07. The van der Waals surface area contributed by atoms with Crippen LogP contribution in [-0.4, -0.2) is 42.5 Å².